The van der Waals surface area contributed by atoms with Crippen LogP contribution in [0.1, 0.15) is 56.2 Å². The first-order valence-electron chi connectivity index (χ1n) is 23.1. The van der Waals surface area contributed by atoms with Crippen LogP contribution in [-0.4, -0.2) is 141 Å². The van der Waals surface area contributed by atoms with Gasteiger partial charge in [-0.2, -0.15) is 0 Å². The minimum atomic E-state index is -1.22. The summed E-state index contributed by atoms with van der Waals surface area (Å²) in [5.41, 5.74) is 7.82. The molecule has 21 nitrogen and oxygen atoms in total. The minimum absolute atomic E-state index is 0.00357. The second-order valence-corrected chi connectivity index (χ2v) is 16.7. The maximum atomic E-state index is 13.9. The molecular weight excluding hydrogens is 905 g/mol. The number of likely N-dealkylation sites (N-methyl/N-ethyl adjacent to an activating group) is 2. The van der Waals surface area contributed by atoms with Gasteiger partial charge in [-0.25, -0.2) is 14.5 Å². The van der Waals surface area contributed by atoms with Crippen molar-refractivity contribution in [3.63, 3.8) is 0 Å². The zero-order valence-corrected chi connectivity index (χ0v) is 40.3. The van der Waals surface area contributed by atoms with Crippen LogP contribution in [0.4, 0.5) is 9.59 Å². The number of imide groups is 1. The molecule has 0 aliphatic carbocycles. The molecule has 0 radical (unpaired) electrons. The lowest BCUT2D eigenvalue weighted by Crippen LogP contribution is -2.57. The number of nitrogens with two attached hydrogens (primary N) is 1. The van der Waals surface area contributed by atoms with Crippen LogP contribution >= 0.6 is 0 Å². The Kier molecular flexibility index (Phi) is 25.7. The number of unbranched alkanes of at least 4 members (excludes halogenated alkanes) is 1. The first-order valence-corrected chi connectivity index (χ1v) is 23.1. The molecule has 0 aliphatic rings. The van der Waals surface area contributed by atoms with Crippen molar-refractivity contribution in [3.05, 3.63) is 108 Å². The fourth-order valence-corrected chi connectivity index (χ4v) is 6.70. The van der Waals surface area contributed by atoms with E-state index in [1.54, 1.807) is 85.9 Å². The van der Waals surface area contributed by atoms with Crippen LogP contribution in [0.15, 0.2) is 91.0 Å². The second-order valence-electron chi connectivity index (χ2n) is 16.7. The van der Waals surface area contributed by atoms with Crippen LogP contribution in [0.3, 0.4) is 0 Å². The summed E-state index contributed by atoms with van der Waals surface area (Å²) in [7, 11) is 2.92. The number of hydrogen-bond donors (Lipinski definition) is 8. The highest BCUT2D eigenvalue weighted by Gasteiger charge is 2.29. The van der Waals surface area contributed by atoms with Crippen LogP contribution in [0.5, 0.6) is 0 Å². The van der Waals surface area contributed by atoms with E-state index in [9.17, 15) is 43.2 Å². The number of rotatable bonds is 29. The zero-order valence-electron chi connectivity index (χ0n) is 40.3. The Morgan fingerprint density at radius 3 is 1.67 bits per heavy atom. The van der Waals surface area contributed by atoms with Crippen molar-refractivity contribution in [2.24, 2.45) is 11.7 Å². The maximum absolute atomic E-state index is 13.9. The van der Waals surface area contributed by atoms with Gasteiger partial charge in [-0.1, -0.05) is 105 Å². The van der Waals surface area contributed by atoms with E-state index >= 15 is 0 Å². The molecule has 70 heavy (non-hydrogen) atoms. The topological polar surface area (TPSA) is 289 Å². The molecule has 0 aliphatic heterocycles. The third-order valence-corrected chi connectivity index (χ3v) is 10.3. The highest BCUT2D eigenvalue weighted by molar-refractivity contribution is 5.96. The summed E-state index contributed by atoms with van der Waals surface area (Å²) in [6.07, 6.45) is -0.257. The first kappa shape index (κ1) is 56.9. The number of nitrogens with one attached hydrogen (secondary N) is 7. The predicted molar refractivity (Wildman–Crippen MR) is 259 cm³/mol. The molecule has 0 fully saturated rings. The summed E-state index contributed by atoms with van der Waals surface area (Å²) >= 11 is 0. The highest BCUT2D eigenvalue weighted by atomic mass is 16.6. The molecule has 9 amide bonds. The minimum Gasteiger partial charge on any atom is -0.445 e. The summed E-state index contributed by atoms with van der Waals surface area (Å²) in [5.74, 6) is -4.77. The Morgan fingerprint density at radius 1 is 0.586 bits per heavy atom. The van der Waals surface area contributed by atoms with Gasteiger partial charge >= 0.3 is 12.2 Å². The molecule has 0 heterocycles. The van der Waals surface area contributed by atoms with E-state index < -0.39 is 91.3 Å². The van der Waals surface area contributed by atoms with Gasteiger partial charge in [0.05, 0.1) is 19.6 Å². The van der Waals surface area contributed by atoms with Crippen molar-refractivity contribution >= 4 is 53.5 Å². The Bertz CT molecular complexity index is 2150. The molecule has 3 atom stereocenters. The lowest BCUT2D eigenvalue weighted by Gasteiger charge is -2.25. The monoisotopic (exact) mass is 973 g/mol. The van der Waals surface area contributed by atoms with Gasteiger partial charge in [0.25, 0.3) is 0 Å². The average molecular weight is 973 g/mol. The Morgan fingerprint density at radius 2 is 1.11 bits per heavy atom. The Balaban J connectivity index is 1.59. The molecule has 3 aromatic carbocycles. The van der Waals surface area contributed by atoms with Gasteiger partial charge in [0, 0.05) is 26.6 Å². The maximum Gasteiger partial charge on any atom is 0.416 e. The van der Waals surface area contributed by atoms with Crippen molar-refractivity contribution in [3.8, 4) is 0 Å². The van der Waals surface area contributed by atoms with E-state index in [-0.39, 0.29) is 58.0 Å². The summed E-state index contributed by atoms with van der Waals surface area (Å²) < 4.78 is 10.6. The molecule has 9 N–H and O–H groups in total. The molecule has 0 saturated heterocycles. The van der Waals surface area contributed by atoms with Crippen LogP contribution in [0, 0.1) is 5.92 Å². The number of hydrogen-bond acceptors (Lipinski definition) is 13. The SMILES string of the molecule is CNCC(=O)N(CCNC(=O)CNC(=O)[C@H](CC(C)C)NC(=O)[C@H](Cc1ccccc1)NC(=O)CNC(=O)[C@H](CCCCN)NC(=O)CN(C)C(=O)OCc1ccccc1)C(=O)OCc1ccccc1. The number of carbonyl (C=O) groups excluding carboxylic acids is 9. The van der Waals surface area contributed by atoms with Crippen molar-refractivity contribution in [1.82, 2.24) is 47.0 Å². The third-order valence-electron chi connectivity index (χ3n) is 10.3. The quantitative estimate of drug-likeness (QED) is 0.0449. The van der Waals surface area contributed by atoms with Crippen molar-refractivity contribution in [1.29, 1.82) is 0 Å². The second kappa shape index (κ2) is 31.6. The lowest BCUT2D eigenvalue weighted by atomic mass is 10.0. The zero-order chi connectivity index (χ0) is 51.3. The van der Waals surface area contributed by atoms with E-state index in [0.29, 0.717) is 24.9 Å². The number of benzene rings is 3. The predicted octanol–water partition coefficient (Wildman–Crippen LogP) is 0.861. The summed E-state index contributed by atoms with van der Waals surface area (Å²) in [6, 6.07) is 23.3. The molecule has 3 rings (SSSR count). The van der Waals surface area contributed by atoms with Gasteiger partial charge in [-0.05, 0) is 61.9 Å². The van der Waals surface area contributed by atoms with Crippen molar-refractivity contribution in [2.45, 2.75) is 77.3 Å². The van der Waals surface area contributed by atoms with E-state index in [1.807, 2.05) is 26.0 Å². The van der Waals surface area contributed by atoms with Gasteiger partial charge in [0.15, 0.2) is 0 Å². The molecule has 3 aromatic rings. The van der Waals surface area contributed by atoms with Crippen LogP contribution in [0.25, 0.3) is 0 Å². The fraction of sp³-hybridized carbons (Fsp3) is 0.449. The van der Waals surface area contributed by atoms with Gasteiger partial charge < -0.3 is 57.3 Å². The smallest absolute Gasteiger partial charge is 0.416 e. The molecule has 0 aromatic heterocycles. The number of carbonyl (C=O) groups is 9. The van der Waals surface area contributed by atoms with E-state index in [0.717, 1.165) is 20.9 Å². The van der Waals surface area contributed by atoms with Crippen LogP contribution in [0.2, 0.25) is 0 Å². The molecule has 380 valence electrons. The number of nitrogens with zero attached hydrogens (tertiary/aromatic N) is 2. The molecule has 0 spiro atoms. The molecule has 21 heteroatoms. The summed E-state index contributed by atoms with van der Waals surface area (Å²) in [4.78, 5) is 120. The molecule has 0 bridgehead atoms. The standard InChI is InChI=1S/C49H68N10O11/c1-34(2)26-39(46(65)53-28-41(60)52-24-25-59(44(63)30-51-3)49(68)70-33-37-20-12-7-13-21-37)57-47(66)40(27-35-16-8-5-9-17-35)56-42(61)29-54-45(64)38(22-14-15-23-50)55-43(62)31-58(4)48(67)69-32-36-18-10-6-11-19-36/h5-13,16-21,34,38-40,51H,14-15,22-33,50H2,1-4H3,(H,52,60)(H,53,65)(H,54,64)(H,55,62)(H,56,61)(H,57,66)/t38-,39-,40-/m0/s1. The Hall–Kier alpha value is -7.39. The summed E-state index contributed by atoms with van der Waals surface area (Å²) in [6.45, 7) is 1.95. The van der Waals surface area contributed by atoms with Crippen LogP contribution < -0.4 is 43.0 Å². The molecule has 0 saturated carbocycles. The van der Waals surface area contributed by atoms with Gasteiger partial charge in [-0.15, -0.1) is 0 Å². The summed E-state index contributed by atoms with van der Waals surface area (Å²) in [5, 5.41) is 18.3. The van der Waals surface area contributed by atoms with E-state index in [4.69, 9.17) is 15.2 Å². The number of ether oxygens (including phenoxy) is 2. The lowest BCUT2D eigenvalue weighted by molar-refractivity contribution is -0.133. The highest BCUT2D eigenvalue weighted by Crippen LogP contribution is 2.10. The third kappa shape index (κ3) is 22.1. The largest absolute Gasteiger partial charge is 0.445 e. The van der Waals surface area contributed by atoms with E-state index in [2.05, 4.69) is 37.2 Å². The Labute approximate surface area is 408 Å². The normalized spacial score (nSPS) is 12.0. The van der Waals surface area contributed by atoms with Crippen LogP contribution in [-0.2, 0) is 62.7 Å². The van der Waals surface area contributed by atoms with Gasteiger partial charge in [-0.3, -0.25) is 33.6 Å². The van der Waals surface area contributed by atoms with Crippen molar-refractivity contribution < 1.29 is 52.6 Å². The molecular formula is C49H68N10O11. The number of amides is 9. The van der Waals surface area contributed by atoms with Gasteiger partial charge in [0.1, 0.15) is 37.9 Å². The fourth-order valence-electron chi connectivity index (χ4n) is 6.70. The van der Waals surface area contributed by atoms with Crippen molar-refractivity contribution in [2.75, 3.05) is 59.9 Å². The average Bonchev–Trinajstić information content (AvgIpc) is 3.34. The van der Waals surface area contributed by atoms with Gasteiger partial charge in [0.2, 0.25) is 41.4 Å². The molecule has 0 unspecified atom stereocenters. The first-order chi connectivity index (χ1) is 33.6. The van der Waals surface area contributed by atoms with E-state index in [1.165, 1.54) is 7.05 Å².